The van der Waals surface area contributed by atoms with Gasteiger partial charge in [-0.1, -0.05) is 22.0 Å². The van der Waals surface area contributed by atoms with Crippen LogP contribution in [0.1, 0.15) is 25.5 Å². The van der Waals surface area contributed by atoms with E-state index in [0.29, 0.717) is 0 Å². The van der Waals surface area contributed by atoms with Crippen LogP contribution in [0.25, 0.3) is 0 Å². The Bertz CT molecular complexity index is 310. The summed E-state index contributed by atoms with van der Waals surface area (Å²) in [6.07, 6.45) is 0. The molecule has 1 unspecified atom stereocenters. The van der Waals surface area contributed by atoms with Crippen LogP contribution < -0.4 is 10.6 Å². The average molecular weight is 257 g/mol. The van der Waals surface area contributed by atoms with Gasteiger partial charge in [0.25, 0.3) is 0 Å². The number of hydrogen-bond donors (Lipinski definition) is 1. The van der Waals surface area contributed by atoms with Crippen molar-refractivity contribution < 1.29 is 0 Å². The lowest BCUT2D eigenvalue weighted by atomic mass is 10.1. The molecule has 2 N–H and O–H groups in total. The van der Waals surface area contributed by atoms with Crippen LogP contribution in [0.4, 0.5) is 5.69 Å². The van der Waals surface area contributed by atoms with Crippen LogP contribution in [0, 0.1) is 0 Å². The van der Waals surface area contributed by atoms with E-state index < -0.39 is 0 Å². The summed E-state index contributed by atoms with van der Waals surface area (Å²) in [5.41, 5.74) is 8.19. The van der Waals surface area contributed by atoms with Gasteiger partial charge in [-0.05, 0) is 31.5 Å². The second kappa shape index (κ2) is 4.80. The van der Waals surface area contributed by atoms with Gasteiger partial charge in [-0.2, -0.15) is 0 Å². The largest absolute Gasteiger partial charge is 0.375 e. The number of benzene rings is 1. The molecule has 0 radical (unpaired) electrons. The number of nitrogens with two attached hydrogens (primary N) is 1. The Morgan fingerprint density at radius 3 is 2.57 bits per heavy atom. The molecular weight excluding hydrogens is 240 g/mol. The van der Waals surface area contributed by atoms with Crippen LogP contribution in [0.5, 0.6) is 0 Å². The van der Waals surface area contributed by atoms with E-state index in [0.717, 1.165) is 16.6 Å². The predicted octanol–water partition coefficient (Wildman–Crippen LogP) is 2.92. The highest BCUT2D eigenvalue weighted by atomic mass is 79.9. The third-order valence-electron chi connectivity index (χ3n) is 2.39. The second-order valence-electron chi connectivity index (χ2n) is 3.51. The normalized spacial score (nSPS) is 12.6. The van der Waals surface area contributed by atoms with Gasteiger partial charge in [0, 0.05) is 29.8 Å². The highest BCUT2D eigenvalue weighted by molar-refractivity contribution is 9.10. The Kier molecular flexibility index (Phi) is 3.96. The van der Waals surface area contributed by atoms with Gasteiger partial charge >= 0.3 is 0 Å². The summed E-state index contributed by atoms with van der Waals surface area (Å²) in [6.45, 7) is 5.13. The summed E-state index contributed by atoms with van der Waals surface area (Å²) in [5.74, 6) is 0. The minimum absolute atomic E-state index is 0.0744. The SMILES string of the molecule is CCN(C)c1ccc(C(C)N)c(Br)c1. The zero-order chi connectivity index (χ0) is 10.7. The highest BCUT2D eigenvalue weighted by Gasteiger charge is 2.06. The van der Waals surface area contributed by atoms with Crippen molar-refractivity contribution in [3.63, 3.8) is 0 Å². The summed E-state index contributed by atoms with van der Waals surface area (Å²) in [7, 11) is 2.08. The molecule has 0 fully saturated rings. The van der Waals surface area contributed by atoms with Crippen LogP contribution in [0.2, 0.25) is 0 Å². The molecule has 0 saturated heterocycles. The number of anilines is 1. The molecule has 78 valence electrons. The molecule has 1 atom stereocenters. The average Bonchev–Trinajstić information content (AvgIpc) is 2.15. The van der Waals surface area contributed by atoms with Gasteiger partial charge in [0.1, 0.15) is 0 Å². The minimum atomic E-state index is 0.0744. The first-order valence-electron chi connectivity index (χ1n) is 4.82. The zero-order valence-corrected chi connectivity index (χ0v) is 10.5. The van der Waals surface area contributed by atoms with Gasteiger partial charge in [-0.15, -0.1) is 0 Å². The Hall–Kier alpha value is -0.540. The fraction of sp³-hybridized carbons (Fsp3) is 0.455. The molecule has 0 saturated carbocycles. The van der Waals surface area contributed by atoms with Crippen molar-refractivity contribution in [1.29, 1.82) is 0 Å². The van der Waals surface area contributed by atoms with Crippen LogP contribution >= 0.6 is 15.9 Å². The smallest absolute Gasteiger partial charge is 0.0375 e. The summed E-state index contributed by atoms with van der Waals surface area (Å²) < 4.78 is 1.09. The van der Waals surface area contributed by atoms with Crippen LogP contribution in [-0.2, 0) is 0 Å². The number of nitrogens with zero attached hydrogens (tertiary/aromatic N) is 1. The Morgan fingerprint density at radius 1 is 1.50 bits per heavy atom. The number of halogens is 1. The van der Waals surface area contributed by atoms with E-state index in [2.05, 4.69) is 53.0 Å². The highest BCUT2D eigenvalue weighted by Crippen LogP contribution is 2.26. The molecule has 1 aromatic carbocycles. The molecule has 14 heavy (non-hydrogen) atoms. The molecule has 0 amide bonds. The Balaban J connectivity index is 3.00. The van der Waals surface area contributed by atoms with E-state index in [1.54, 1.807) is 0 Å². The van der Waals surface area contributed by atoms with Gasteiger partial charge in [-0.3, -0.25) is 0 Å². The fourth-order valence-electron chi connectivity index (χ4n) is 1.31. The Morgan fingerprint density at radius 2 is 2.14 bits per heavy atom. The minimum Gasteiger partial charge on any atom is -0.375 e. The maximum Gasteiger partial charge on any atom is 0.0375 e. The first kappa shape index (κ1) is 11.5. The van der Waals surface area contributed by atoms with E-state index in [4.69, 9.17) is 5.73 Å². The maximum atomic E-state index is 5.83. The first-order valence-corrected chi connectivity index (χ1v) is 5.61. The molecule has 3 heteroatoms. The lowest BCUT2D eigenvalue weighted by Crippen LogP contribution is -2.16. The van der Waals surface area contributed by atoms with Crippen LogP contribution in [-0.4, -0.2) is 13.6 Å². The maximum absolute atomic E-state index is 5.83. The van der Waals surface area contributed by atoms with Crippen molar-refractivity contribution in [2.45, 2.75) is 19.9 Å². The number of rotatable bonds is 3. The monoisotopic (exact) mass is 256 g/mol. The van der Waals surface area contributed by atoms with Crippen molar-refractivity contribution in [2.75, 3.05) is 18.5 Å². The standard InChI is InChI=1S/C11H17BrN2/c1-4-14(3)9-5-6-10(8(2)13)11(12)7-9/h5-8H,4,13H2,1-3H3. The molecule has 0 spiro atoms. The molecular formula is C11H17BrN2. The molecule has 2 nitrogen and oxygen atoms in total. The van der Waals surface area contributed by atoms with Gasteiger partial charge in [0.05, 0.1) is 0 Å². The molecule has 0 aliphatic rings. The summed E-state index contributed by atoms with van der Waals surface area (Å²) >= 11 is 3.54. The van der Waals surface area contributed by atoms with E-state index in [-0.39, 0.29) is 6.04 Å². The summed E-state index contributed by atoms with van der Waals surface area (Å²) in [4.78, 5) is 2.19. The first-order chi connectivity index (χ1) is 6.56. The number of hydrogen-bond acceptors (Lipinski definition) is 2. The van der Waals surface area contributed by atoms with Crippen molar-refractivity contribution in [2.24, 2.45) is 5.73 Å². The predicted molar refractivity (Wildman–Crippen MR) is 65.7 cm³/mol. The molecule has 0 bridgehead atoms. The lowest BCUT2D eigenvalue weighted by Gasteiger charge is -2.18. The van der Waals surface area contributed by atoms with Crippen molar-refractivity contribution >= 4 is 21.6 Å². The van der Waals surface area contributed by atoms with Crippen molar-refractivity contribution in [1.82, 2.24) is 0 Å². The lowest BCUT2D eigenvalue weighted by molar-refractivity contribution is 0.812. The van der Waals surface area contributed by atoms with E-state index in [1.807, 2.05) is 6.92 Å². The molecule has 1 rings (SSSR count). The van der Waals surface area contributed by atoms with Gasteiger partial charge in [0.2, 0.25) is 0 Å². The van der Waals surface area contributed by atoms with E-state index in [9.17, 15) is 0 Å². The van der Waals surface area contributed by atoms with Gasteiger partial charge < -0.3 is 10.6 Å². The summed E-state index contributed by atoms with van der Waals surface area (Å²) in [5, 5.41) is 0. The quantitative estimate of drug-likeness (QED) is 0.902. The van der Waals surface area contributed by atoms with Gasteiger partial charge in [-0.25, -0.2) is 0 Å². The molecule has 0 aliphatic heterocycles. The molecule has 0 aliphatic carbocycles. The fourth-order valence-corrected chi connectivity index (χ4v) is 2.03. The van der Waals surface area contributed by atoms with E-state index in [1.165, 1.54) is 5.69 Å². The molecule has 0 aromatic heterocycles. The van der Waals surface area contributed by atoms with Crippen LogP contribution in [0.3, 0.4) is 0 Å². The summed E-state index contributed by atoms with van der Waals surface area (Å²) in [6, 6.07) is 6.37. The van der Waals surface area contributed by atoms with Crippen molar-refractivity contribution in [3.05, 3.63) is 28.2 Å². The molecule has 1 aromatic rings. The molecule has 0 heterocycles. The topological polar surface area (TPSA) is 29.3 Å². The third kappa shape index (κ3) is 2.49. The van der Waals surface area contributed by atoms with E-state index >= 15 is 0 Å². The third-order valence-corrected chi connectivity index (χ3v) is 3.08. The zero-order valence-electron chi connectivity index (χ0n) is 8.92. The van der Waals surface area contributed by atoms with Crippen LogP contribution in [0.15, 0.2) is 22.7 Å². The van der Waals surface area contributed by atoms with Gasteiger partial charge in [0.15, 0.2) is 0 Å². The second-order valence-corrected chi connectivity index (χ2v) is 4.36. The Labute approximate surface area is 94.2 Å². The van der Waals surface area contributed by atoms with Crippen molar-refractivity contribution in [3.8, 4) is 0 Å².